The van der Waals surface area contributed by atoms with Crippen LogP contribution in [0, 0.1) is 6.92 Å². The monoisotopic (exact) mass is 345 g/mol. The molecule has 23 heavy (non-hydrogen) atoms. The largest absolute Gasteiger partial charge is 0.299 e. The van der Waals surface area contributed by atoms with E-state index in [1.165, 1.54) is 4.57 Å². The van der Waals surface area contributed by atoms with Crippen molar-refractivity contribution in [1.29, 1.82) is 0 Å². The number of pyridine rings is 1. The van der Waals surface area contributed by atoms with Crippen molar-refractivity contribution in [3.63, 3.8) is 0 Å². The molecule has 0 amide bonds. The summed E-state index contributed by atoms with van der Waals surface area (Å²) in [6.07, 6.45) is 3.34. The maximum Gasteiger partial charge on any atom is 0.261 e. The summed E-state index contributed by atoms with van der Waals surface area (Å²) in [4.78, 5) is 21.4. The van der Waals surface area contributed by atoms with Crippen LogP contribution in [-0.4, -0.2) is 14.5 Å². The third-order valence-electron chi connectivity index (χ3n) is 3.68. The maximum atomic E-state index is 12.8. The van der Waals surface area contributed by atoms with Crippen molar-refractivity contribution in [3.05, 3.63) is 68.9 Å². The molecule has 0 radical (unpaired) electrons. The van der Waals surface area contributed by atoms with Gasteiger partial charge in [-0.15, -0.1) is 0 Å². The standard InChI is InChI=1S/C17H13Cl2N3O/c1-10-21-16(11-5-7-20-8-6-11)15(17(23)22(10)2)12-3-4-13(18)14(19)9-12/h3-9H,1-2H3. The summed E-state index contributed by atoms with van der Waals surface area (Å²) in [6, 6.07) is 8.77. The van der Waals surface area contributed by atoms with Crippen molar-refractivity contribution >= 4 is 23.2 Å². The third-order valence-corrected chi connectivity index (χ3v) is 4.42. The summed E-state index contributed by atoms with van der Waals surface area (Å²) in [5, 5.41) is 0.838. The van der Waals surface area contributed by atoms with Gasteiger partial charge in [0.15, 0.2) is 0 Å². The highest BCUT2D eigenvalue weighted by Gasteiger charge is 2.17. The highest BCUT2D eigenvalue weighted by Crippen LogP contribution is 2.31. The highest BCUT2D eigenvalue weighted by atomic mass is 35.5. The van der Waals surface area contributed by atoms with Crippen molar-refractivity contribution in [2.75, 3.05) is 0 Å². The number of aryl methyl sites for hydroxylation is 1. The molecule has 0 bridgehead atoms. The third kappa shape index (κ3) is 2.87. The first-order valence-corrected chi connectivity index (χ1v) is 7.68. The molecule has 116 valence electrons. The zero-order valence-corrected chi connectivity index (χ0v) is 14.1. The number of hydrogen-bond donors (Lipinski definition) is 0. The smallest absolute Gasteiger partial charge is 0.261 e. The van der Waals surface area contributed by atoms with Gasteiger partial charge in [-0.25, -0.2) is 4.98 Å². The van der Waals surface area contributed by atoms with Gasteiger partial charge in [0.1, 0.15) is 5.82 Å². The van der Waals surface area contributed by atoms with Gasteiger partial charge in [-0.1, -0.05) is 29.3 Å². The lowest BCUT2D eigenvalue weighted by atomic mass is 10.0. The molecule has 0 aliphatic carbocycles. The molecule has 0 saturated heterocycles. The molecule has 0 aliphatic rings. The normalized spacial score (nSPS) is 10.8. The zero-order valence-electron chi connectivity index (χ0n) is 12.5. The van der Waals surface area contributed by atoms with Crippen molar-refractivity contribution in [1.82, 2.24) is 14.5 Å². The second-order valence-corrected chi connectivity index (χ2v) is 5.93. The number of benzene rings is 1. The second kappa shape index (κ2) is 6.14. The molecule has 0 unspecified atom stereocenters. The van der Waals surface area contributed by atoms with E-state index >= 15 is 0 Å². The van der Waals surface area contributed by atoms with E-state index in [0.29, 0.717) is 32.7 Å². The SMILES string of the molecule is Cc1nc(-c2ccncc2)c(-c2ccc(Cl)c(Cl)c2)c(=O)n1C. The first-order valence-electron chi connectivity index (χ1n) is 6.92. The Kier molecular flexibility index (Phi) is 4.20. The van der Waals surface area contributed by atoms with Crippen LogP contribution in [0.3, 0.4) is 0 Å². The maximum absolute atomic E-state index is 12.8. The average Bonchev–Trinajstić information content (AvgIpc) is 2.56. The minimum atomic E-state index is -0.136. The molecule has 3 aromatic rings. The fourth-order valence-electron chi connectivity index (χ4n) is 2.34. The molecule has 6 heteroatoms. The van der Waals surface area contributed by atoms with Gasteiger partial charge in [-0.2, -0.15) is 0 Å². The molecule has 2 aromatic heterocycles. The lowest BCUT2D eigenvalue weighted by Crippen LogP contribution is -2.23. The minimum Gasteiger partial charge on any atom is -0.299 e. The van der Waals surface area contributed by atoms with Crippen molar-refractivity contribution < 1.29 is 0 Å². The van der Waals surface area contributed by atoms with Gasteiger partial charge in [0.05, 0.1) is 21.3 Å². The lowest BCUT2D eigenvalue weighted by Gasteiger charge is -2.13. The quantitative estimate of drug-likeness (QED) is 0.701. The van der Waals surface area contributed by atoms with Crippen molar-refractivity contribution in [3.8, 4) is 22.4 Å². The van der Waals surface area contributed by atoms with Gasteiger partial charge in [0.2, 0.25) is 0 Å². The molecule has 0 N–H and O–H groups in total. The Morgan fingerprint density at radius 2 is 1.70 bits per heavy atom. The topological polar surface area (TPSA) is 47.8 Å². The van der Waals surface area contributed by atoms with Gasteiger partial charge in [0.25, 0.3) is 5.56 Å². The number of nitrogens with zero attached hydrogens (tertiary/aromatic N) is 3. The Hall–Kier alpha value is -2.17. The number of hydrogen-bond acceptors (Lipinski definition) is 3. The summed E-state index contributed by atoms with van der Waals surface area (Å²) < 4.78 is 1.52. The van der Waals surface area contributed by atoms with E-state index in [1.807, 2.05) is 12.1 Å². The zero-order chi connectivity index (χ0) is 16.6. The summed E-state index contributed by atoms with van der Waals surface area (Å²) in [5.41, 5.74) is 2.46. The Morgan fingerprint density at radius 1 is 1.00 bits per heavy atom. The Balaban J connectivity index is 2.36. The summed E-state index contributed by atoms with van der Waals surface area (Å²) in [6.45, 7) is 1.80. The second-order valence-electron chi connectivity index (χ2n) is 5.11. The van der Waals surface area contributed by atoms with E-state index in [2.05, 4.69) is 9.97 Å². The van der Waals surface area contributed by atoms with Crippen LogP contribution < -0.4 is 5.56 Å². The Bertz CT molecular complexity index is 937. The van der Waals surface area contributed by atoms with Crippen molar-refractivity contribution in [2.24, 2.45) is 7.05 Å². The molecule has 3 rings (SSSR count). The van der Waals surface area contributed by atoms with Crippen LogP contribution in [0.15, 0.2) is 47.5 Å². The predicted octanol–water partition coefficient (Wildman–Crippen LogP) is 4.12. The highest BCUT2D eigenvalue weighted by molar-refractivity contribution is 6.42. The van der Waals surface area contributed by atoms with E-state index in [9.17, 15) is 4.79 Å². The van der Waals surface area contributed by atoms with E-state index in [1.54, 1.807) is 44.6 Å². The van der Waals surface area contributed by atoms with Gasteiger partial charge in [0, 0.05) is 25.0 Å². The van der Waals surface area contributed by atoms with Crippen molar-refractivity contribution in [2.45, 2.75) is 6.92 Å². The van der Waals surface area contributed by atoms with Gasteiger partial charge >= 0.3 is 0 Å². The lowest BCUT2D eigenvalue weighted by molar-refractivity contribution is 0.780. The van der Waals surface area contributed by atoms with Gasteiger partial charge in [-0.3, -0.25) is 14.3 Å². The molecule has 1 aromatic carbocycles. The molecule has 0 saturated carbocycles. The average molecular weight is 346 g/mol. The van der Waals surface area contributed by atoms with E-state index < -0.39 is 0 Å². The molecule has 0 atom stereocenters. The Labute approximate surface area is 143 Å². The Morgan fingerprint density at radius 3 is 2.35 bits per heavy atom. The summed E-state index contributed by atoms with van der Waals surface area (Å²) in [5.74, 6) is 0.630. The minimum absolute atomic E-state index is 0.136. The fourth-order valence-corrected chi connectivity index (χ4v) is 2.64. The van der Waals surface area contributed by atoms with Crippen LogP contribution >= 0.6 is 23.2 Å². The van der Waals surface area contributed by atoms with Crippen LogP contribution in [0.4, 0.5) is 0 Å². The van der Waals surface area contributed by atoms with Gasteiger partial charge in [-0.05, 0) is 36.8 Å². The van der Waals surface area contributed by atoms with E-state index in [-0.39, 0.29) is 5.56 Å². The van der Waals surface area contributed by atoms with Crippen LogP contribution in [0.1, 0.15) is 5.82 Å². The molecular weight excluding hydrogens is 333 g/mol. The van der Waals surface area contributed by atoms with Crippen LogP contribution in [0.25, 0.3) is 22.4 Å². The molecule has 0 aliphatic heterocycles. The van der Waals surface area contributed by atoms with Crippen LogP contribution in [-0.2, 0) is 7.05 Å². The molecule has 4 nitrogen and oxygen atoms in total. The van der Waals surface area contributed by atoms with E-state index in [0.717, 1.165) is 5.56 Å². The first kappa shape index (κ1) is 15.7. The van der Waals surface area contributed by atoms with Crippen LogP contribution in [0.2, 0.25) is 10.0 Å². The predicted molar refractivity (Wildman–Crippen MR) is 92.9 cm³/mol. The number of aromatic nitrogens is 3. The molecule has 0 fully saturated rings. The molecule has 0 spiro atoms. The molecule has 2 heterocycles. The van der Waals surface area contributed by atoms with E-state index in [4.69, 9.17) is 23.2 Å². The summed E-state index contributed by atoms with van der Waals surface area (Å²) in [7, 11) is 1.70. The number of rotatable bonds is 2. The molecular formula is C17H13Cl2N3O. The number of halogens is 2. The first-order chi connectivity index (χ1) is 11.0. The fraction of sp³-hybridized carbons (Fsp3) is 0.118. The summed E-state index contributed by atoms with van der Waals surface area (Å²) >= 11 is 12.1. The van der Waals surface area contributed by atoms with Crippen LogP contribution in [0.5, 0.6) is 0 Å². The van der Waals surface area contributed by atoms with Gasteiger partial charge < -0.3 is 0 Å².